The molecule has 1 N–H and O–H groups in total. The fourth-order valence-electron chi connectivity index (χ4n) is 2.57. The number of thiophene rings is 1. The van der Waals surface area contributed by atoms with Crippen molar-refractivity contribution in [3.05, 3.63) is 34.2 Å². The number of rotatable bonds is 2. The van der Waals surface area contributed by atoms with Gasteiger partial charge >= 0.3 is 0 Å². The number of hydrogen-bond donors (Lipinski definition) is 1. The Hall–Kier alpha value is -1.10. The molecule has 0 radical (unpaired) electrons. The van der Waals surface area contributed by atoms with Crippen LogP contribution in [0.5, 0.6) is 0 Å². The smallest absolute Gasteiger partial charge is 0.265 e. The highest BCUT2D eigenvalue weighted by molar-refractivity contribution is 7.21. The van der Waals surface area contributed by atoms with Gasteiger partial charge < -0.3 is 10.0 Å². The van der Waals surface area contributed by atoms with Crippen LogP contribution in [-0.4, -0.2) is 35.1 Å². The van der Waals surface area contributed by atoms with Crippen LogP contribution < -0.4 is 0 Å². The molecule has 1 aliphatic heterocycles. The van der Waals surface area contributed by atoms with Gasteiger partial charge in [-0.15, -0.1) is 11.3 Å². The van der Waals surface area contributed by atoms with Gasteiger partial charge in [0, 0.05) is 16.6 Å². The van der Waals surface area contributed by atoms with Crippen molar-refractivity contribution < 1.29 is 9.90 Å². The van der Waals surface area contributed by atoms with Crippen LogP contribution in [0, 0.1) is 0 Å². The van der Waals surface area contributed by atoms with Crippen LogP contribution in [0.1, 0.15) is 22.5 Å². The number of benzene rings is 1. The SMILES string of the molecule is O=C(c1sc2ccccc2c1Cl)N1CCC[C@@H]1CO. The van der Waals surface area contributed by atoms with E-state index in [9.17, 15) is 9.90 Å². The summed E-state index contributed by atoms with van der Waals surface area (Å²) < 4.78 is 1.02. The molecule has 0 bridgehead atoms. The third-order valence-corrected chi connectivity index (χ3v) is 5.24. The zero-order chi connectivity index (χ0) is 13.4. The topological polar surface area (TPSA) is 40.5 Å². The number of amides is 1. The van der Waals surface area contributed by atoms with Crippen molar-refractivity contribution in [2.75, 3.05) is 13.2 Å². The highest BCUT2D eigenvalue weighted by atomic mass is 35.5. The van der Waals surface area contributed by atoms with Crippen molar-refractivity contribution in [3.8, 4) is 0 Å². The first kappa shape index (κ1) is 12.9. The summed E-state index contributed by atoms with van der Waals surface area (Å²) in [5.74, 6) is -0.0530. The molecule has 1 aromatic heterocycles. The first-order chi connectivity index (χ1) is 9.22. The molecule has 1 amide bonds. The molecule has 0 spiro atoms. The van der Waals surface area contributed by atoms with Gasteiger partial charge in [-0.25, -0.2) is 0 Å². The minimum absolute atomic E-state index is 0.0221. The summed E-state index contributed by atoms with van der Waals surface area (Å²) in [4.78, 5) is 14.9. The van der Waals surface area contributed by atoms with Gasteiger partial charge in [0.05, 0.1) is 17.7 Å². The second-order valence-electron chi connectivity index (χ2n) is 4.72. The lowest BCUT2D eigenvalue weighted by Crippen LogP contribution is -2.37. The van der Waals surface area contributed by atoms with Crippen molar-refractivity contribution >= 4 is 38.9 Å². The Morgan fingerprint density at radius 1 is 1.47 bits per heavy atom. The minimum atomic E-state index is -0.0613. The number of aliphatic hydroxyl groups excluding tert-OH is 1. The molecule has 3 rings (SSSR count). The van der Waals surface area contributed by atoms with Crippen LogP contribution >= 0.6 is 22.9 Å². The van der Waals surface area contributed by atoms with Gasteiger partial charge in [-0.3, -0.25) is 4.79 Å². The zero-order valence-corrected chi connectivity index (χ0v) is 11.9. The highest BCUT2D eigenvalue weighted by Gasteiger charge is 2.31. The van der Waals surface area contributed by atoms with Crippen LogP contribution in [0.2, 0.25) is 5.02 Å². The predicted octanol–water partition coefficient (Wildman–Crippen LogP) is 3.15. The van der Waals surface area contributed by atoms with E-state index in [1.165, 1.54) is 11.3 Å². The third kappa shape index (κ3) is 2.14. The largest absolute Gasteiger partial charge is 0.394 e. The van der Waals surface area contributed by atoms with Gasteiger partial charge in [0.25, 0.3) is 5.91 Å². The second-order valence-corrected chi connectivity index (χ2v) is 6.15. The molecule has 0 unspecified atom stereocenters. The van der Waals surface area contributed by atoms with Crippen molar-refractivity contribution in [3.63, 3.8) is 0 Å². The summed E-state index contributed by atoms with van der Waals surface area (Å²) in [7, 11) is 0. The lowest BCUT2D eigenvalue weighted by atomic mass is 10.2. The molecule has 3 nitrogen and oxygen atoms in total. The number of halogens is 1. The Labute approximate surface area is 120 Å². The third-order valence-electron chi connectivity index (χ3n) is 3.58. The number of hydrogen-bond acceptors (Lipinski definition) is 3. The van der Waals surface area contributed by atoms with E-state index in [4.69, 9.17) is 11.6 Å². The van der Waals surface area contributed by atoms with E-state index in [0.29, 0.717) is 16.4 Å². The first-order valence-electron chi connectivity index (χ1n) is 6.31. The van der Waals surface area contributed by atoms with Crippen molar-refractivity contribution in [1.82, 2.24) is 4.90 Å². The molecular weight excluding hydrogens is 282 g/mol. The Bertz CT molecular complexity index is 625. The molecule has 1 atom stereocenters. The number of nitrogens with zero attached hydrogens (tertiary/aromatic N) is 1. The van der Waals surface area contributed by atoms with E-state index in [1.807, 2.05) is 24.3 Å². The molecule has 1 aliphatic rings. The van der Waals surface area contributed by atoms with Crippen LogP contribution in [0.25, 0.3) is 10.1 Å². The Kier molecular flexibility index (Phi) is 3.48. The van der Waals surface area contributed by atoms with E-state index in [1.54, 1.807) is 4.90 Å². The molecule has 1 fully saturated rings. The quantitative estimate of drug-likeness (QED) is 0.924. The van der Waals surface area contributed by atoms with E-state index in [-0.39, 0.29) is 18.6 Å². The number of carbonyl (C=O) groups is 1. The summed E-state index contributed by atoms with van der Waals surface area (Å²) >= 11 is 7.75. The Balaban J connectivity index is 2.00. The molecule has 5 heteroatoms. The van der Waals surface area contributed by atoms with E-state index in [2.05, 4.69) is 0 Å². The summed E-state index contributed by atoms with van der Waals surface area (Å²) in [6, 6.07) is 7.69. The van der Waals surface area contributed by atoms with Gasteiger partial charge in [-0.05, 0) is 18.9 Å². The summed E-state index contributed by atoms with van der Waals surface area (Å²) in [6.45, 7) is 0.725. The summed E-state index contributed by atoms with van der Waals surface area (Å²) in [5.41, 5.74) is 0. The average molecular weight is 296 g/mol. The number of fused-ring (bicyclic) bond motifs is 1. The minimum Gasteiger partial charge on any atom is -0.394 e. The second kappa shape index (κ2) is 5.12. The maximum Gasteiger partial charge on any atom is 0.265 e. The maximum atomic E-state index is 12.5. The van der Waals surface area contributed by atoms with Crippen LogP contribution in [0.15, 0.2) is 24.3 Å². The predicted molar refractivity (Wildman–Crippen MR) is 78.0 cm³/mol. The van der Waals surface area contributed by atoms with Crippen LogP contribution in [0.3, 0.4) is 0 Å². The van der Waals surface area contributed by atoms with Crippen LogP contribution in [-0.2, 0) is 0 Å². The number of carbonyl (C=O) groups excluding carboxylic acids is 1. The molecule has 2 heterocycles. The average Bonchev–Trinajstić information content (AvgIpc) is 3.03. The Morgan fingerprint density at radius 3 is 3.00 bits per heavy atom. The fourth-order valence-corrected chi connectivity index (χ4v) is 4.04. The summed E-state index contributed by atoms with van der Waals surface area (Å²) in [5, 5.41) is 10.8. The molecule has 1 aromatic carbocycles. The van der Waals surface area contributed by atoms with Gasteiger partial charge in [-0.1, -0.05) is 29.8 Å². The summed E-state index contributed by atoms with van der Waals surface area (Å²) in [6.07, 6.45) is 1.81. The fraction of sp³-hybridized carbons (Fsp3) is 0.357. The normalized spacial score (nSPS) is 19.3. The van der Waals surface area contributed by atoms with Crippen molar-refractivity contribution in [1.29, 1.82) is 0 Å². The lowest BCUT2D eigenvalue weighted by molar-refractivity contribution is 0.0682. The van der Waals surface area contributed by atoms with Gasteiger partial charge in [-0.2, -0.15) is 0 Å². The molecular formula is C14H14ClNO2S. The zero-order valence-electron chi connectivity index (χ0n) is 10.3. The molecule has 19 heavy (non-hydrogen) atoms. The van der Waals surface area contributed by atoms with E-state index in [0.717, 1.165) is 22.9 Å². The number of likely N-dealkylation sites (tertiary alicyclic amines) is 1. The van der Waals surface area contributed by atoms with Crippen molar-refractivity contribution in [2.45, 2.75) is 18.9 Å². The van der Waals surface area contributed by atoms with E-state index < -0.39 is 0 Å². The van der Waals surface area contributed by atoms with Gasteiger partial charge in [0.1, 0.15) is 4.88 Å². The molecule has 2 aromatic rings. The lowest BCUT2D eigenvalue weighted by Gasteiger charge is -2.22. The monoisotopic (exact) mass is 295 g/mol. The molecule has 0 saturated carbocycles. The standard InChI is InChI=1S/C14H14ClNO2S/c15-12-10-5-1-2-6-11(10)19-13(12)14(18)16-7-3-4-9(16)8-17/h1-2,5-6,9,17H,3-4,7-8H2/t9-/m1/s1. The van der Waals surface area contributed by atoms with Gasteiger partial charge in [0.2, 0.25) is 0 Å². The van der Waals surface area contributed by atoms with Gasteiger partial charge in [0.15, 0.2) is 0 Å². The number of aliphatic hydroxyl groups is 1. The molecule has 0 aliphatic carbocycles. The maximum absolute atomic E-state index is 12.5. The Morgan fingerprint density at radius 2 is 2.26 bits per heavy atom. The highest BCUT2D eigenvalue weighted by Crippen LogP contribution is 2.36. The first-order valence-corrected chi connectivity index (χ1v) is 7.50. The van der Waals surface area contributed by atoms with E-state index >= 15 is 0 Å². The molecule has 1 saturated heterocycles. The molecule has 100 valence electrons. The van der Waals surface area contributed by atoms with Crippen LogP contribution in [0.4, 0.5) is 0 Å². The van der Waals surface area contributed by atoms with Crippen molar-refractivity contribution in [2.24, 2.45) is 0 Å².